The first-order valence-corrected chi connectivity index (χ1v) is 6.12. The summed E-state index contributed by atoms with van der Waals surface area (Å²) in [4.78, 5) is 34.2. The summed E-state index contributed by atoms with van der Waals surface area (Å²) < 4.78 is 0. The lowest BCUT2D eigenvalue weighted by Crippen LogP contribution is -2.19. The zero-order valence-electron chi connectivity index (χ0n) is 9.65. The highest BCUT2D eigenvalue weighted by molar-refractivity contribution is 6.31. The van der Waals surface area contributed by atoms with Crippen LogP contribution in [0.15, 0.2) is 18.2 Å². The maximum Gasteiger partial charge on any atom is 0.259 e. The zero-order valence-corrected chi connectivity index (χ0v) is 11.2. The van der Waals surface area contributed by atoms with Crippen LogP contribution in [0.4, 0.5) is 11.6 Å². The van der Waals surface area contributed by atoms with Crippen LogP contribution in [0, 0.1) is 0 Å². The highest BCUT2D eigenvalue weighted by Gasteiger charge is 2.26. The first-order chi connectivity index (χ1) is 9.52. The van der Waals surface area contributed by atoms with Gasteiger partial charge in [-0.05, 0) is 41.4 Å². The van der Waals surface area contributed by atoms with Crippen molar-refractivity contribution >= 4 is 46.7 Å². The van der Waals surface area contributed by atoms with Gasteiger partial charge in [-0.1, -0.05) is 0 Å². The van der Waals surface area contributed by atoms with Crippen molar-refractivity contribution in [3.63, 3.8) is 0 Å². The summed E-state index contributed by atoms with van der Waals surface area (Å²) in [5.74, 6) is -0.720. The van der Waals surface area contributed by atoms with E-state index in [1.54, 1.807) is 6.07 Å². The molecule has 9 heteroatoms. The molecule has 7 nitrogen and oxygen atoms in total. The van der Waals surface area contributed by atoms with Crippen LogP contribution in [0.25, 0.3) is 0 Å². The first kappa shape index (κ1) is 12.8. The van der Waals surface area contributed by atoms with Gasteiger partial charge in [0, 0.05) is 5.69 Å². The molecule has 0 aliphatic carbocycles. The smallest absolute Gasteiger partial charge is 0.259 e. The molecule has 0 saturated carbocycles. The molecule has 1 aromatic heterocycles. The molecule has 100 valence electrons. The Hall–Kier alpha value is -2.25. The van der Waals surface area contributed by atoms with Gasteiger partial charge >= 0.3 is 0 Å². The Kier molecular flexibility index (Phi) is 3.00. The van der Waals surface area contributed by atoms with Crippen molar-refractivity contribution in [1.82, 2.24) is 20.3 Å². The Labute approximate surface area is 122 Å². The fourth-order valence-electron chi connectivity index (χ4n) is 1.76. The standard InChI is InChI=1S/C11H5Cl2N5O2/c12-9-16-10(13)18-11(17-9)14-4-1-2-5-6(3-4)8(20)15-7(5)19/h1-3H,(H,15,19,20)(H,14,16,17,18). The van der Waals surface area contributed by atoms with Gasteiger partial charge in [0.1, 0.15) is 0 Å². The second-order valence-corrected chi connectivity index (χ2v) is 4.54. The second kappa shape index (κ2) is 4.69. The third-order valence-electron chi connectivity index (χ3n) is 2.57. The quantitative estimate of drug-likeness (QED) is 0.821. The molecule has 0 saturated heterocycles. The van der Waals surface area contributed by atoms with Crippen LogP contribution < -0.4 is 10.6 Å². The molecule has 0 radical (unpaired) electrons. The number of amides is 2. The molecule has 3 rings (SSSR count). The molecule has 2 amide bonds. The summed E-state index contributed by atoms with van der Waals surface area (Å²) in [6.07, 6.45) is 0. The molecule has 0 bridgehead atoms. The topological polar surface area (TPSA) is 96.9 Å². The van der Waals surface area contributed by atoms with Crippen LogP contribution in [-0.2, 0) is 0 Å². The molecule has 2 N–H and O–H groups in total. The van der Waals surface area contributed by atoms with Gasteiger partial charge in [0.15, 0.2) is 0 Å². The molecular formula is C11H5Cl2N5O2. The third kappa shape index (κ3) is 2.28. The van der Waals surface area contributed by atoms with Crippen molar-refractivity contribution in [2.75, 3.05) is 5.32 Å². The number of nitrogens with zero attached hydrogens (tertiary/aromatic N) is 3. The molecule has 0 spiro atoms. The predicted octanol–water partition coefficient (Wildman–Crippen LogP) is 1.81. The number of rotatable bonds is 2. The Bertz CT molecular complexity index is 729. The van der Waals surface area contributed by atoms with E-state index in [1.807, 2.05) is 0 Å². The molecule has 1 aromatic carbocycles. The number of nitrogens with one attached hydrogen (secondary N) is 2. The number of imide groups is 1. The predicted molar refractivity (Wildman–Crippen MR) is 71.4 cm³/mol. The summed E-state index contributed by atoms with van der Waals surface area (Å²) >= 11 is 11.3. The van der Waals surface area contributed by atoms with Gasteiger partial charge in [-0.3, -0.25) is 14.9 Å². The second-order valence-electron chi connectivity index (χ2n) is 3.87. The molecule has 2 heterocycles. The van der Waals surface area contributed by atoms with Crippen molar-refractivity contribution < 1.29 is 9.59 Å². The molecule has 20 heavy (non-hydrogen) atoms. The number of halogens is 2. The maximum atomic E-state index is 11.5. The van der Waals surface area contributed by atoms with Gasteiger partial charge in [-0.15, -0.1) is 0 Å². The Morgan fingerprint density at radius 3 is 2.30 bits per heavy atom. The minimum atomic E-state index is -0.444. The lowest BCUT2D eigenvalue weighted by atomic mass is 10.1. The van der Waals surface area contributed by atoms with E-state index >= 15 is 0 Å². The number of benzene rings is 1. The Morgan fingerprint density at radius 2 is 1.60 bits per heavy atom. The van der Waals surface area contributed by atoms with Gasteiger partial charge in [-0.2, -0.15) is 15.0 Å². The highest BCUT2D eigenvalue weighted by atomic mass is 35.5. The lowest BCUT2D eigenvalue weighted by molar-refractivity contribution is 0.0879. The van der Waals surface area contributed by atoms with Crippen LogP contribution in [0.2, 0.25) is 10.6 Å². The largest absolute Gasteiger partial charge is 0.324 e. The van der Waals surface area contributed by atoms with Crippen LogP contribution >= 0.6 is 23.2 Å². The van der Waals surface area contributed by atoms with E-state index in [1.165, 1.54) is 12.1 Å². The first-order valence-electron chi connectivity index (χ1n) is 5.37. The van der Waals surface area contributed by atoms with Crippen LogP contribution in [0.1, 0.15) is 20.7 Å². The molecule has 0 atom stereocenters. The van der Waals surface area contributed by atoms with Crippen molar-refractivity contribution in [3.05, 3.63) is 39.9 Å². The summed E-state index contributed by atoms with van der Waals surface area (Å²) in [7, 11) is 0. The van der Waals surface area contributed by atoms with Crippen LogP contribution in [-0.4, -0.2) is 26.8 Å². The lowest BCUT2D eigenvalue weighted by Gasteiger charge is -2.05. The van der Waals surface area contributed by atoms with Crippen molar-refractivity contribution in [2.24, 2.45) is 0 Å². The Morgan fingerprint density at radius 1 is 0.950 bits per heavy atom. The zero-order chi connectivity index (χ0) is 14.3. The molecule has 1 aliphatic rings. The normalized spacial score (nSPS) is 13.1. The van der Waals surface area contributed by atoms with E-state index in [2.05, 4.69) is 25.6 Å². The van der Waals surface area contributed by atoms with Gasteiger partial charge < -0.3 is 5.32 Å². The Balaban J connectivity index is 1.94. The maximum absolute atomic E-state index is 11.5. The van der Waals surface area contributed by atoms with E-state index < -0.39 is 11.8 Å². The molecule has 1 aliphatic heterocycles. The molecule has 0 fully saturated rings. The average Bonchev–Trinajstić information content (AvgIpc) is 2.63. The molecule has 0 unspecified atom stereocenters. The van der Waals surface area contributed by atoms with Crippen molar-refractivity contribution in [1.29, 1.82) is 0 Å². The minimum absolute atomic E-state index is 0.0541. The number of hydrogen-bond acceptors (Lipinski definition) is 6. The minimum Gasteiger partial charge on any atom is -0.324 e. The number of aromatic nitrogens is 3. The van der Waals surface area contributed by atoms with Gasteiger partial charge in [0.2, 0.25) is 16.5 Å². The number of fused-ring (bicyclic) bond motifs is 1. The number of carbonyl (C=O) groups is 2. The molecular weight excluding hydrogens is 305 g/mol. The third-order valence-corrected chi connectivity index (χ3v) is 2.91. The fourth-order valence-corrected chi connectivity index (χ4v) is 2.12. The SMILES string of the molecule is O=C1NC(=O)c2cc(Nc3nc(Cl)nc(Cl)n3)ccc21. The van der Waals surface area contributed by atoms with E-state index in [-0.39, 0.29) is 22.1 Å². The van der Waals surface area contributed by atoms with Gasteiger partial charge in [0.25, 0.3) is 11.8 Å². The van der Waals surface area contributed by atoms with Crippen molar-refractivity contribution in [2.45, 2.75) is 0 Å². The summed E-state index contributed by atoms with van der Waals surface area (Å²) in [5.41, 5.74) is 1.13. The number of anilines is 2. The van der Waals surface area contributed by atoms with E-state index in [0.29, 0.717) is 11.3 Å². The fraction of sp³-hybridized carbons (Fsp3) is 0. The van der Waals surface area contributed by atoms with Crippen LogP contribution in [0.5, 0.6) is 0 Å². The van der Waals surface area contributed by atoms with Crippen molar-refractivity contribution in [3.8, 4) is 0 Å². The summed E-state index contributed by atoms with van der Waals surface area (Å²) in [6, 6.07) is 4.66. The van der Waals surface area contributed by atoms with Gasteiger partial charge in [-0.25, -0.2) is 0 Å². The number of hydrogen-bond donors (Lipinski definition) is 2. The molecule has 2 aromatic rings. The van der Waals surface area contributed by atoms with E-state index in [9.17, 15) is 9.59 Å². The number of carbonyl (C=O) groups excluding carboxylic acids is 2. The average molecular weight is 310 g/mol. The summed E-state index contributed by atoms with van der Waals surface area (Å²) in [5, 5.41) is 4.92. The monoisotopic (exact) mass is 309 g/mol. The van der Waals surface area contributed by atoms with Gasteiger partial charge in [0.05, 0.1) is 11.1 Å². The summed E-state index contributed by atoms with van der Waals surface area (Å²) in [6.45, 7) is 0. The van der Waals surface area contributed by atoms with E-state index in [0.717, 1.165) is 0 Å². The highest BCUT2D eigenvalue weighted by Crippen LogP contribution is 2.22. The van der Waals surface area contributed by atoms with Crippen LogP contribution in [0.3, 0.4) is 0 Å². The van der Waals surface area contributed by atoms with E-state index in [4.69, 9.17) is 23.2 Å².